The van der Waals surface area contributed by atoms with Crippen molar-refractivity contribution in [2.75, 3.05) is 13.8 Å². The smallest absolute Gasteiger partial charge is 0.333 e. The van der Waals surface area contributed by atoms with Crippen LogP contribution < -0.4 is 8.85 Å². The topological polar surface area (TPSA) is 44.8 Å². The molecule has 0 N–H and O–H groups in total. The highest BCUT2D eigenvalue weighted by molar-refractivity contribution is 6.75. The number of benzene rings is 1. The van der Waals surface area contributed by atoms with E-state index in [1.165, 1.54) is 12.7 Å². The Morgan fingerprint density at radius 3 is 1.90 bits per heavy atom. The van der Waals surface area contributed by atoms with Crippen LogP contribution in [-0.4, -0.2) is 36.4 Å². The Hall–Kier alpha value is -2.13. The molecule has 0 bridgehead atoms. The molecule has 0 unspecified atom stereocenters. The Labute approximate surface area is 252 Å². The zero-order valence-electron chi connectivity index (χ0n) is 28.2. The van der Waals surface area contributed by atoms with Crippen molar-refractivity contribution in [1.82, 2.24) is 0 Å². The van der Waals surface area contributed by atoms with Crippen LogP contribution in [0.15, 0.2) is 53.1 Å². The summed E-state index contributed by atoms with van der Waals surface area (Å²) in [6.07, 6.45) is 9.65. The SMILES string of the molecule is COC(=O)C(=CCc1cc(O[Si](C)(C)C(C)(C)C)ccc1O[Si](C)(C)C(C)(C)C)CC/C=C(\C)CC/C=C(\C)CF. The third-order valence-electron chi connectivity index (χ3n) is 8.55. The van der Waals surface area contributed by atoms with Gasteiger partial charge in [0.2, 0.25) is 16.6 Å². The van der Waals surface area contributed by atoms with E-state index in [4.69, 9.17) is 13.6 Å². The van der Waals surface area contributed by atoms with Crippen LogP contribution in [-0.2, 0) is 16.0 Å². The van der Waals surface area contributed by atoms with Crippen LogP contribution in [0.1, 0.15) is 86.6 Å². The van der Waals surface area contributed by atoms with Gasteiger partial charge in [-0.3, -0.25) is 0 Å². The third-order valence-corrected chi connectivity index (χ3v) is 17.2. The van der Waals surface area contributed by atoms with Crippen LogP contribution in [0.3, 0.4) is 0 Å². The zero-order valence-corrected chi connectivity index (χ0v) is 30.2. The van der Waals surface area contributed by atoms with Gasteiger partial charge >= 0.3 is 5.97 Å². The molecule has 41 heavy (non-hydrogen) atoms. The lowest BCUT2D eigenvalue weighted by Crippen LogP contribution is -2.44. The number of hydrogen-bond acceptors (Lipinski definition) is 4. The quantitative estimate of drug-likeness (QED) is 0.0917. The largest absolute Gasteiger partial charge is 0.543 e. The van der Waals surface area contributed by atoms with Crippen molar-refractivity contribution in [3.8, 4) is 11.5 Å². The minimum absolute atomic E-state index is 0.0537. The Bertz CT molecular complexity index is 1100. The van der Waals surface area contributed by atoms with E-state index >= 15 is 0 Å². The van der Waals surface area contributed by atoms with Gasteiger partial charge in [-0.15, -0.1) is 0 Å². The molecule has 0 aromatic heterocycles. The molecule has 0 aliphatic carbocycles. The summed E-state index contributed by atoms with van der Waals surface area (Å²) in [5.41, 5.74) is 3.66. The van der Waals surface area contributed by atoms with Crippen LogP contribution in [0, 0.1) is 0 Å². The Morgan fingerprint density at radius 2 is 1.37 bits per heavy atom. The molecule has 1 aromatic rings. The summed E-state index contributed by atoms with van der Waals surface area (Å²) in [5, 5.41) is 0.133. The number of carbonyl (C=O) groups is 1. The van der Waals surface area contributed by atoms with E-state index < -0.39 is 23.3 Å². The van der Waals surface area contributed by atoms with E-state index in [0.717, 1.165) is 41.9 Å². The van der Waals surface area contributed by atoms with Gasteiger partial charge in [-0.1, -0.05) is 65.3 Å². The van der Waals surface area contributed by atoms with Gasteiger partial charge in [0.25, 0.3) is 0 Å². The van der Waals surface area contributed by atoms with E-state index in [0.29, 0.717) is 18.4 Å². The van der Waals surface area contributed by atoms with Crippen LogP contribution >= 0.6 is 0 Å². The third kappa shape index (κ3) is 11.9. The molecule has 1 aromatic carbocycles. The van der Waals surface area contributed by atoms with Crippen molar-refractivity contribution in [2.45, 2.75) is 124 Å². The summed E-state index contributed by atoms with van der Waals surface area (Å²) in [7, 11) is -2.69. The molecule has 0 aliphatic heterocycles. The minimum Gasteiger partial charge on any atom is -0.543 e. The predicted octanol–water partition coefficient (Wildman–Crippen LogP) is 10.5. The Morgan fingerprint density at radius 1 is 0.829 bits per heavy atom. The van der Waals surface area contributed by atoms with Gasteiger partial charge < -0.3 is 13.6 Å². The second kappa shape index (κ2) is 15.4. The molecule has 232 valence electrons. The predicted molar refractivity (Wildman–Crippen MR) is 178 cm³/mol. The van der Waals surface area contributed by atoms with Crippen molar-refractivity contribution >= 4 is 22.6 Å². The zero-order chi connectivity index (χ0) is 31.6. The molecule has 7 heteroatoms. The van der Waals surface area contributed by atoms with Gasteiger partial charge in [-0.25, -0.2) is 9.18 Å². The Balaban J connectivity index is 3.31. The highest BCUT2D eigenvalue weighted by Gasteiger charge is 2.40. The average molecular weight is 605 g/mol. The van der Waals surface area contributed by atoms with Crippen molar-refractivity contribution in [3.05, 3.63) is 58.7 Å². The standard InChI is InChI=1S/C34H57FO4Si2/c1-26(16-14-18-27(2)25-35)17-15-19-28(32(36)37-9)20-21-29-24-30(38-40(10,11)33(3,4)5)22-23-31(29)39-41(12,13)34(6,7)8/h17-18,20,22-24H,14-16,19,21,25H2,1-13H3/b26-17+,27-18+,28-20?. The fraction of sp³-hybridized carbons (Fsp3) is 0.618. The number of alkyl halides is 1. The lowest BCUT2D eigenvalue weighted by molar-refractivity contribution is -0.136. The number of ether oxygens (including phenoxy) is 1. The molecule has 0 saturated heterocycles. The summed E-state index contributed by atoms with van der Waals surface area (Å²) in [6, 6.07) is 6.15. The Kier molecular flexibility index (Phi) is 13.8. The fourth-order valence-electron chi connectivity index (χ4n) is 3.58. The molecule has 0 radical (unpaired) electrons. The number of esters is 1. The molecule has 0 heterocycles. The normalized spacial score (nSPS) is 14.2. The molecular weight excluding hydrogens is 548 g/mol. The maximum atomic E-state index is 12.7. The number of halogens is 1. The molecule has 0 atom stereocenters. The highest BCUT2D eigenvalue weighted by atomic mass is 28.4. The number of carbonyl (C=O) groups excluding carboxylic acids is 1. The number of methoxy groups -OCH3 is 1. The van der Waals surface area contributed by atoms with E-state index in [1.54, 1.807) is 0 Å². The van der Waals surface area contributed by atoms with Crippen molar-refractivity contribution in [3.63, 3.8) is 0 Å². The molecule has 0 spiro atoms. The van der Waals surface area contributed by atoms with Gasteiger partial charge in [-0.2, -0.15) is 0 Å². The van der Waals surface area contributed by atoms with E-state index in [9.17, 15) is 9.18 Å². The van der Waals surface area contributed by atoms with Crippen molar-refractivity contribution in [1.29, 1.82) is 0 Å². The monoisotopic (exact) mass is 604 g/mol. The highest BCUT2D eigenvalue weighted by Crippen LogP contribution is 2.41. The van der Waals surface area contributed by atoms with E-state index in [1.807, 2.05) is 31.2 Å². The first-order valence-electron chi connectivity index (χ1n) is 14.9. The van der Waals surface area contributed by atoms with Crippen molar-refractivity contribution < 1.29 is 22.8 Å². The van der Waals surface area contributed by atoms with Crippen LogP contribution in [0.4, 0.5) is 4.39 Å². The van der Waals surface area contributed by atoms with Gasteiger partial charge in [-0.05, 0) is 106 Å². The number of rotatable bonds is 14. The lowest BCUT2D eigenvalue weighted by atomic mass is 10.0. The van der Waals surface area contributed by atoms with Crippen LogP contribution in [0.2, 0.25) is 36.3 Å². The average Bonchev–Trinajstić information content (AvgIpc) is 2.85. The minimum atomic E-state index is -2.09. The first-order chi connectivity index (χ1) is 18.7. The second-order valence-corrected chi connectivity index (χ2v) is 23.7. The van der Waals surface area contributed by atoms with Gasteiger partial charge in [0.15, 0.2) is 0 Å². The molecule has 1 rings (SSSR count). The summed E-state index contributed by atoms with van der Waals surface area (Å²) in [6.45, 7) is 25.9. The van der Waals surface area contributed by atoms with Gasteiger partial charge in [0.05, 0.1) is 7.11 Å². The molecular formula is C34H57FO4Si2. The maximum Gasteiger partial charge on any atom is 0.333 e. The molecule has 4 nitrogen and oxygen atoms in total. The number of allylic oxidation sites excluding steroid dienone is 5. The van der Waals surface area contributed by atoms with Crippen LogP contribution in [0.25, 0.3) is 0 Å². The summed E-state index contributed by atoms with van der Waals surface area (Å²) in [4.78, 5) is 12.7. The maximum absolute atomic E-state index is 12.7. The summed E-state index contributed by atoms with van der Waals surface area (Å²) < 4.78 is 31.2. The van der Waals surface area contributed by atoms with Gasteiger partial charge in [0.1, 0.15) is 18.2 Å². The second-order valence-electron chi connectivity index (χ2n) is 14.2. The molecule has 0 fully saturated rings. The fourth-order valence-corrected chi connectivity index (χ4v) is 5.66. The van der Waals surface area contributed by atoms with Gasteiger partial charge in [0, 0.05) is 11.1 Å². The summed E-state index contributed by atoms with van der Waals surface area (Å²) in [5.74, 6) is 1.39. The number of hydrogen-bond donors (Lipinski definition) is 0. The molecule has 0 amide bonds. The molecule has 0 saturated carbocycles. The molecule has 0 aliphatic rings. The van der Waals surface area contributed by atoms with Crippen molar-refractivity contribution in [2.24, 2.45) is 0 Å². The van der Waals surface area contributed by atoms with E-state index in [-0.39, 0.29) is 16.0 Å². The summed E-state index contributed by atoms with van der Waals surface area (Å²) >= 11 is 0. The lowest BCUT2D eigenvalue weighted by Gasteiger charge is -2.38. The first kappa shape index (κ1) is 36.9. The van der Waals surface area contributed by atoms with Crippen LogP contribution in [0.5, 0.6) is 11.5 Å². The first-order valence-corrected chi connectivity index (χ1v) is 20.7. The van der Waals surface area contributed by atoms with E-state index in [2.05, 4.69) is 86.8 Å².